The van der Waals surface area contributed by atoms with Gasteiger partial charge < -0.3 is 15.0 Å². The summed E-state index contributed by atoms with van der Waals surface area (Å²) >= 11 is 0. The minimum Gasteiger partial charge on any atom is -0.494 e. The first kappa shape index (κ1) is 18.2. The van der Waals surface area contributed by atoms with Crippen LogP contribution in [0.15, 0.2) is 24.3 Å². The molecule has 0 saturated carbocycles. The minimum atomic E-state index is 0.0700. The normalized spacial score (nSPS) is 20.4. The Balaban J connectivity index is 1.40. The number of nitrogens with zero attached hydrogens (tertiary/aromatic N) is 2. The Morgan fingerprint density at radius 3 is 2.40 bits per heavy atom. The molecule has 1 N–H and O–H groups in total. The maximum atomic E-state index is 12.3. The van der Waals surface area contributed by atoms with Crippen molar-refractivity contribution >= 4 is 11.6 Å². The van der Waals surface area contributed by atoms with E-state index in [1.165, 1.54) is 45.2 Å². The van der Waals surface area contributed by atoms with Gasteiger partial charge in [-0.15, -0.1) is 0 Å². The fraction of sp³-hybridized carbons (Fsp3) is 0.650. The highest BCUT2D eigenvalue weighted by molar-refractivity contribution is 5.92. The monoisotopic (exact) mass is 345 g/mol. The van der Waals surface area contributed by atoms with E-state index in [0.29, 0.717) is 13.2 Å². The lowest BCUT2D eigenvalue weighted by atomic mass is 10.00. The van der Waals surface area contributed by atoms with E-state index in [2.05, 4.69) is 15.1 Å². The van der Waals surface area contributed by atoms with E-state index in [0.717, 1.165) is 30.6 Å². The van der Waals surface area contributed by atoms with Crippen molar-refractivity contribution in [2.75, 3.05) is 44.6 Å². The van der Waals surface area contributed by atoms with Gasteiger partial charge in [0.25, 0.3) is 0 Å². The van der Waals surface area contributed by atoms with Gasteiger partial charge in [-0.25, -0.2) is 0 Å². The van der Waals surface area contributed by atoms with Crippen LogP contribution in [0, 0.1) is 0 Å². The molecule has 2 saturated heterocycles. The number of carbonyl (C=O) groups is 1. The van der Waals surface area contributed by atoms with Crippen LogP contribution < -0.4 is 10.1 Å². The fourth-order valence-electron chi connectivity index (χ4n) is 3.93. The molecular formula is C20H31N3O2. The topological polar surface area (TPSA) is 44.8 Å². The number of benzene rings is 1. The van der Waals surface area contributed by atoms with E-state index in [1.807, 2.05) is 31.2 Å². The Labute approximate surface area is 151 Å². The molecule has 2 aliphatic rings. The fourth-order valence-corrected chi connectivity index (χ4v) is 3.93. The van der Waals surface area contributed by atoms with Crippen LogP contribution in [0.4, 0.5) is 5.69 Å². The second-order valence-electron chi connectivity index (χ2n) is 7.11. The van der Waals surface area contributed by atoms with E-state index in [-0.39, 0.29) is 5.91 Å². The summed E-state index contributed by atoms with van der Waals surface area (Å²) in [4.78, 5) is 17.2. The van der Waals surface area contributed by atoms with Gasteiger partial charge in [-0.1, -0.05) is 6.42 Å². The van der Waals surface area contributed by atoms with E-state index in [4.69, 9.17) is 4.74 Å². The maximum absolute atomic E-state index is 12.3. The number of hydrogen-bond acceptors (Lipinski definition) is 4. The second kappa shape index (κ2) is 9.20. The summed E-state index contributed by atoms with van der Waals surface area (Å²) in [6, 6.07) is 8.30. The van der Waals surface area contributed by atoms with E-state index < -0.39 is 0 Å². The highest BCUT2D eigenvalue weighted by atomic mass is 16.5. The highest BCUT2D eigenvalue weighted by Crippen LogP contribution is 2.21. The van der Waals surface area contributed by atoms with Gasteiger partial charge >= 0.3 is 0 Å². The molecule has 0 unspecified atom stereocenters. The molecule has 0 radical (unpaired) electrons. The summed E-state index contributed by atoms with van der Waals surface area (Å²) in [6.07, 6.45) is 6.48. The van der Waals surface area contributed by atoms with Gasteiger partial charge in [-0.2, -0.15) is 0 Å². The summed E-state index contributed by atoms with van der Waals surface area (Å²) in [6.45, 7) is 7.69. The third kappa shape index (κ3) is 5.44. The molecule has 0 aromatic heterocycles. The quantitative estimate of drug-likeness (QED) is 0.861. The lowest BCUT2D eigenvalue weighted by Gasteiger charge is -2.40. The van der Waals surface area contributed by atoms with Crippen LogP contribution in [0.1, 0.15) is 39.0 Å². The van der Waals surface area contributed by atoms with E-state index in [9.17, 15) is 4.79 Å². The number of amides is 1. The number of ether oxygens (including phenoxy) is 1. The number of anilines is 1. The molecule has 1 aromatic rings. The number of carbonyl (C=O) groups excluding carboxylic acids is 1. The molecule has 0 aliphatic carbocycles. The van der Waals surface area contributed by atoms with Gasteiger partial charge in [0.2, 0.25) is 5.91 Å². The average Bonchev–Trinajstić information content (AvgIpc) is 2.65. The molecule has 2 heterocycles. The predicted molar refractivity (Wildman–Crippen MR) is 101 cm³/mol. The van der Waals surface area contributed by atoms with Gasteiger partial charge in [0.15, 0.2) is 0 Å². The predicted octanol–water partition coefficient (Wildman–Crippen LogP) is 2.97. The van der Waals surface area contributed by atoms with E-state index in [1.54, 1.807) is 0 Å². The summed E-state index contributed by atoms with van der Waals surface area (Å²) in [7, 11) is 0. The van der Waals surface area contributed by atoms with Crippen molar-refractivity contribution in [3.63, 3.8) is 0 Å². The molecule has 1 amide bonds. The number of likely N-dealkylation sites (tertiary alicyclic amines) is 2. The van der Waals surface area contributed by atoms with Crippen molar-refractivity contribution in [3.05, 3.63) is 24.3 Å². The lowest BCUT2D eigenvalue weighted by Crippen LogP contribution is -2.48. The van der Waals surface area contributed by atoms with Crippen LogP contribution in [0.2, 0.25) is 0 Å². The maximum Gasteiger partial charge on any atom is 0.238 e. The first-order chi connectivity index (χ1) is 12.2. The zero-order valence-electron chi connectivity index (χ0n) is 15.4. The summed E-state index contributed by atoms with van der Waals surface area (Å²) in [5.74, 6) is 0.904. The van der Waals surface area contributed by atoms with Gasteiger partial charge in [0, 0.05) is 24.8 Å². The number of nitrogens with one attached hydrogen (secondary N) is 1. The van der Waals surface area contributed by atoms with Crippen LogP contribution in [0.25, 0.3) is 0 Å². The zero-order valence-corrected chi connectivity index (χ0v) is 15.4. The van der Waals surface area contributed by atoms with Gasteiger partial charge in [-0.05, 0) is 70.0 Å². The number of piperidine rings is 2. The molecule has 1 aromatic carbocycles. The molecular weight excluding hydrogens is 314 g/mol. The smallest absolute Gasteiger partial charge is 0.238 e. The average molecular weight is 345 g/mol. The highest BCUT2D eigenvalue weighted by Gasteiger charge is 2.26. The van der Waals surface area contributed by atoms with Crippen molar-refractivity contribution in [1.29, 1.82) is 0 Å². The Morgan fingerprint density at radius 2 is 1.76 bits per heavy atom. The Morgan fingerprint density at radius 1 is 1.08 bits per heavy atom. The molecule has 2 aliphatic heterocycles. The van der Waals surface area contributed by atoms with Gasteiger partial charge in [0.1, 0.15) is 5.75 Å². The standard InChI is InChI=1S/C20H31N3O2/c1-2-25-19-8-6-17(7-9-19)21-20(24)16-22-14-10-18(11-15-22)23-12-4-3-5-13-23/h6-9,18H,2-5,10-16H2,1H3,(H,21,24). The number of hydrogen-bond donors (Lipinski definition) is 1. The Bertz CT molecular complexity index is 532. The summed E-state index contributed by atoms with van der Waals surface area (Å²) in [5.41, 5.74) is 0.830. The summed E-state index contributed by atoms with van der Waals surface area (Å²) < 4.78 is 5.42. The first-order valence-electron chi connectivity index (χ1n) is 9.73. The van der Waals surface area contributed by atoms with Crippen molar-refractivity contribution in [2.45, 2.75) is 45.1 Å². The van der Waals surface area contributed by atoms with Crippen molar-refractivity contribution in [2.24, 2.45) is 0 Å². The molecule has 5 heteroatoms. The molecule has 138 valence electrons. The molecule has 0 atom stereocenters. The SMILES string of the molecule is CCOc1ccc(NC(=O)CN2CCC(N3CCCCC3)CC2)cc1. The molecule has 3 rings (SSSR count). The Kier molecular flexibility index (Phi) is 6.70. The first-order valence-corrected chi connectivity index (χ1v) is 9.73. The van der Waals surface area contributed by atoms with Gasteiger partial charge in [-0.3, -0.25) is 9.69 Å². The van der Waals surface area contributed by atoms with Crippen LogP contribution in [0.5, 0.6) is 5.75 Å². The largest absolute Gasteiger partial charge is 0.494 e. The van der Waals surface area contributed by atoms with E-state index >= 15 is 0 Å². The lowest BCUT2D eigenvalue weighted by molar-refractivity contribution is -0.117. The minimum absolute atomic E-state index is 0.0700. The molecule has 0 spiro atoms. The second-order valence-corrected chi connectivity index (χ2v) is 7.11. The Hall–Kier alpha value is -1.59. The molecule has 0 bridgehead atoms. The third-order valence-corrected chi connectivity index (χ3v) is 5.28. The van der Waals surface area contributed by atoms with Gasteiger partial charge in [0.05, 0.1) is 13.2 Å². The van der Waals surface area contributed by atoms with Crippen LogP contribution in [-0.2, 0) is 4.79 Å². The zero-order chi connectivity index (χ0) is 17.5. The van der Waals surface area contributed by atoms with Crippen LogP contribution in [-0.4, -0.2) is 61.1 Å². The number of rotatable bonds is 6. The van der Waals surface area contributed by atoms with Crippen molar-refractivity contribution < 1.29 is 9.53 Å². The molecule has 5 nitrogen and oxygen atoms in total. The molecule has 25 heavy (non-hydrogen) atoms. The van der Waals surface area contributed by atoms with Crippen molar-refractivity contribution in [1.82, 2.24) is 9.80 Å². The van der Waals surface area contributed by atoms with Crippen LogP contribution >= 0.6 is 0 Å². The van der Waals surface area contributed by atoms with Crippen molar-refractivity contribution in [3.8, 4) is 5.75 Å². The van der Waals surface area contributed by atoms with Crippen LogP contribution in [0.3, 0.4) is 0 Å². The third-order valence-electron chi connectivity index (χ3n) is 5.28. The molecule has 2 fully saturated rings. The summed E-state index contributed by atoms with van der Waals surface area (Å²) in [5, 5.41) is 2.99.